The number of aryl methyl sites for hydroxylation is 2. The second-order valence-corrected chi connectivity index (χ2v) is 25.2. The molecule has 9 heterocycles. The molecule has 1 saturated carbocycles. The number of carbonyl (C=O) groups is 1. The second kappa shape index (κ2) is 23.1. The van der Waals surface area contributed by atoms with Gasteiger partial charge in [0.25, 0.3) is 0 Å². The predicted molar refractivity (Wildman–Crippen MR) is 313 cm³/mol. The van der Waals surface area contributed by atoms with Crippen LogP contribution >= 0.6 is 0 Å². The lowest BCUT2D eigenvalue weighted by Gasteiger charge is -2.49. The number of esters is 1. The van der Waals surface area contributed by atoms with Gasteiger partial charge in [0.15, 0.2) is 52.3 Å². The monoisotopic (exact) mass is 1190 g/mol. The molecular formula is C67H75N3O17. The summed E-state index contributed by atoms with van der Waals surface area (Å²) >= 11 is 0. The molecule has 5 unspecified atom stereocenters. The number of aliphatic hydroxyl groups is 5. The number of unbranched alkanes of at least 4 members (excludes halogenated alkanes) is 1. The summed E-state index contributed by atoms with van der Waals surface area (Å²) in [4.78, 5) is 19.1. The van der Waals surface area contributed by atoms with Gasteiger partial charge in [0.05, 0.1) is 23.9 Å². The number of phenols is 3. The molecule has 3 aliphatic carbocycles. The summed E-state index contributed by atoms with van der Waals surface area (Å²) < 4.78 is 44.4. The normalized spacial score (nSPS) is 32.0. The van der Waals surface area contributed by atoms with Gasteiger partial charge < -0.3 is 78.7 Å². The van der Waals surface area contributed by atoms with Crippen LogP contribution in [-0.4, -0.2) is 164 Å². The van der Waals surface area contributed by atoms with Crippen LogP contribution < -0.4 is 28.4 Å². The standard InChI is InChI=1S/C18H21NO4.C17H17NO5.C16H19NO5.C16H18O3/c1-9-5-10-3-4-19(2)16(10)15-11-6-13-14(22-8-21-13)7-12(11)18(20)23-17(9)15;1-18-3-2-8-4-11(19)16-14(15(8)18)9-5-12-13(22-7-21-12)6-10(9)17(20)23-16;18-10-3-7-1-2-17-14(7)13(15(10)19)8-4-11-12(22-6-21-11)5-9(8)16(17)20;17-14-8-5-12(6-9-14)3-1-2-4-13-7-10-15(18)16(19)11-13/h5-7,9,15-18,20H,3-4,8H2,1-2H3;4-6,11,14-16,19H,2-3,7H2,1H3;4-5,7,10,13-16,18-20H,1-3,6H2;5-11,17-19H,1-4H2/t9-,15-,16+,17+,18-;11-,14-,15+,16+;7?,10?,13-,14?,15?,16?;/m110./s1. The third-order valence-electron chi connectivity index (χ3n) is 20.2. The number of likely N-dealkylation sites (tertiary alicyclic amines) is 2. The van der Waals surface area contributed by atoms with Gasteiger partial charge >= 0.3 is 5.97 Å². The van der Waals surface area contributed by atoms with Gasteiger partial charge in [0.1, 0.15) is 24.2 Å². The first-order valence-corrected chi connectivity index (χ1v) is 30.5. The van der Waals surface area contributed by atoms with Crippen LogP contribution in [0, 0.1) is 11.8 Å². The van der Waals surface area contributed by atoms with Gasteiger partial charge in [-0.25, -0.2) is 4.79 Å². The third kappa shape index (κ3) is 10.4. The minimum absolute atomic E-state index is 0.00725. The molecule has 15 atom stereocenters. The molecule has 5 aromatic carbocycles. The van der Waals surface area contributed by atoms with Crippen LogP contribution in [0.3, 0.4) is 0 Å². The molecule has 460 valence electrons. The highest BCUT2D eigenvalue weighted by Gasteiger charge is 2.56. The Balaban J connectivity index is 0.000000103. The van der Waals surface area contributed by atoms with E-state index in [1.807, 2.05) is 48.5 Å². The smallest absolute Gasteiger partial charge is 0.338 e. The Labute approximate surface area is 503 Å². The Morgan fingerprint density at radius 1 is 0.563 bits per heavy atom. The maximum atomic E-state index is 12.4. The van der Waals surface area contributed by atoms with Crippen molar-refractivity contribution in [2.24, 2.45) is 11.8 Å². The second-order valence-electron chi connectivity index (χ2n) is 25.2. The van der Waals surface area contributed by atoms with Crippen LogP contribution in [0.5, 0.6) is 51.7 Å². The SMILES string of the molecule is CN1CCC2=C[C@@H](O)[C@@H]3OC(=O)c4cc5c(cc4[C@@H]3[C@H]21)OCO5.C[C@@H]1C=C2CCN(C)[C@@H]2[C@H]2c3cc4c(cc3[C@H](O)O[C@H]21)OCO4.OC1CC2CCN3C(O)c4cc5c(cc4[C@H](C1O)C23)OCO5.Oc1ccc(CCCCc2ccc(O)c(O)c2)cc1. The molecule has 9 aliphatic heterocycles. The molecule has 20 nitrogen and oxygen atoms in total. The highest BCUT2D eigenvalue weighted by Crippen LogP contribution is 2.56. The highest BCUT2D eigenvalue weighted by atomic mass is 16.7. The van der Waals surface area contributed by atoms with E-state index in [1.54, 1.807) is 24.3 Å². The molecule has 4 fully saturated rings. The molecule has 17 rings (SSSR count). The van der Waals surface area contributed by atoms with E-state index in [4.69, 9.17) is 37.9 Å². The lowest BCUT2D eigenvalue weighted by atomic mass is 9.68. The maximum Gasteiger partial charge on any atom is 0.338 e. The van der Waals surface area contributed by atoms with Gasteiger partial charge in [0, 0.05) is 72.6 Å². The number of carbonyl (C=O) groups excluding carboxylic acids is 1. The van der Waals surface area contributed by atoms with Crippen molar-refractivity contribution in [1.82, 2.24) is 14.7 Å². The Morgan fingerprint density at radius 2 is 1.10 bits per heavy atom. The third-order valence-corrected chi connectivity index (χ3v) is 20.2. The maximum absolute atomic E-state index is 12.4. The zero-order chi connectivity index (χ0) is 60.1. The first-order valence-electron chi connectivity index (χ1n) is 30.5. The fourth-order valence-electron chi connectivity index (χ4n) is 16.0. The number of hydrogen-bond donors (Lipinski definition) is 8. The Morgan fingerprint density at radius 3 is 1.74 bits per heavy atom. The van der Waals surface area contributed by atoms with Crippen molar-refractivity contribution in [1.29, 1.82) is 0 Å². The van der Waals surface area contributed by atoms with Crippen LogP contribution in [0.4, 0.5) is 0 Å². The number of nitrogens with zero attached hydrogens (tertiary/aromatic N) is 3. The van der Waals surface area contributed by atoms with Crippen molar-refractivity contribution in [2.75, 3.05) is 54.1 Å². The van der Waals surface area contributed by atoms with Crippen LogP contribution in [0.1, 0.15) is 125 Å². The molecule has 5 aromatic rings. The number of benzene rings is 5. The summed E-state index contributed by atoms with van der Waals surface area (Å²) in [7, 11) is 4.25. The van der Waals surface area contributed by atoms with Crippen molar-refractivity contribution >= 4 is 5.97 Å². The van der Waals surface area contributed by atoms with Crippen molar-refractivity contribution in [3.8, 4) is 51.7 Å². The molecule has 3 saturated heterocycles. The topological polar surface area (TPSA) is 262 Å². The van der Waals surface area contributed by atoms with Crippen LogP contribution in [0.25, 0.3) is 0 Å². The van der Waals surface area contributed by atoms with Crippen LogP contribution in [0.2, 0.25) is 0 Å². The molecule has 0 amide bonds. The fourth-order valence-corrected chi connectivity index (χ4v) is 16.0. The van der Waals surface area contributed by atoms with Crippen LogP contribution in [0.15, 0.2) is 102 Å². The Hall–Kier alpha value is -7.11. The van der Waals surface area contributed by atoms with E-state index < -0.39 is 42.9 Å². The summed E-state index contributed by atoms with van der Waals surface area (Å²) in [6.07, 6.45) is 7.32. The fraction of sp³-hybridized carbons (Fsp3) is 0.478. The molecule has 0 radical (unpaired) electrons. The first-order chi connectivity index (χ1) is 42.1. The summed E-state index contributed by atoms with van der Waals surface area (Å²) in [5.41, 5.74) is 10.00. The average molecular weight is 1190 g/mol. The number of hydrogen-bond acceptors (Lipinski definition) is 20. The van der Waals surface area contributed by atoms with Crippen molar-refractivity contribution in [2.45, 2.75) is 137 Å². The van der Waals surface area contributed by atoms with Crippen molar-refractivity contribution < 1.29 is 83.5 Å². The summed E-state index contributed by atoms with van der Waals surface area (Å²) in [6, 6.07) is 24.0. The van der Waals surface area contributed by atoms with Crippen molar-refractivity contribution in [3.05, 3.63) is 147 Å². The minimum Gasteiger partial charge on any atom is -0.508 e. The van der Waals surface area contributed by atoms with Crippen LogP contribution in [-0.2, 0) is 22.3 Å². The summed E-state index contributed by atoms with van der Waals surface area (Å²) in [5.74, 6) is 4.32. The number of aromatic hydroxyl groups is 3. The van der Waals surface area contributed by atoms with E-state index in [0.29, 0.717) is 64.4 Å². The number of aliphatic hydroxyl groups excluding tert-OH is 5. The predicted octanol–water partition coefficient (Wildman–Crippen LogP) is 6.90. The zero-order valence-corrected chi connectivity index (χ0v) is 48.8. The number of likely N-dealkylation sites (N-methyl/N-ethyl adjacent to an activating group) is 2. The molecule has 12 aliphatic rings. The zero-order valence-electron chi connectivity index (χ0n) is 48.8. The van der Waals surface area contributed by atoms with E-state index in [1.165, 1.54) is 22.8 Å². The Kier molecular flexibility index (Phi) is 15.3. The van der Waals surface area contributed by atoms with E-state index in [0.717, 1.165) is 104 Å². The van der Waals surface area contributed by atoms with E-state index in [2.05, 4.69) is 47.9 Å². The highest BCUT2D eigenvalue weighted by molar-refractivity contribution is 5.94. The molecule has 0 bridgehead atoms. The van der Waals surface area contributed by atoms with E-state index >= 15 is 0 Å². The van der Waals surface area contributed by atoms with Gasteiger partial charge in [-0.3, -0.25) is 14.7 Å². The Bertz CT molecular complexity index is 3520. The average Bonchev–Trinajstić information content (AvgIpc) is 1.81. The van der Waals surface area contributed by atoms with Gasteiger partial charge in [-0.15, -0.1) is 0 Å². The molecule has 0 aromatic heterocycles. The van der Waals surface area contributed by atoms with Crippen molar-refractivity contribution in [3.63, 3.8) is 0 Å². The van der Waals surface area contributed by atoms with E-state index in [9.17, 15) is 45.6 Å². The molecule has 8 N–H and O–H groups in total. The minimum atomic E-state index is -0.898. The molecular weight excluding hydrogens is 1120 g/mol. The first kappa shape index (κ1) is 57.6. The van der Waals surface area contributed by atoms with Gasteiger partial charge in [-0.1, -0.05) is 48.4 Å². The number of rotatable bonds is 5. The van der Waals surface area contributed by atoms with Gasteiger partial charge in [0.2, 0.25) is 20.4 Å². The number of phenolic OH excluding ortho intramolecular Hbond substituents is 3. The molecule has 87 heavy (non-hydrogen) atoms. The largest absolute Gasteiger partial charge is 0.508 e. The number of fused-ring (bicyclic) bond motifs is 15. The molecule has 20 heteroatoms. The summed E-state index contributed by atoms with van der Waals surface area (Å²) in [6.45, 7) is 5.59. The lowest BCUT2D eigenvalue weighted by Crippen LogP contribution is -2.55. The van der Waals surface area contributed by atoms with Gasteiger partial charge in [-0.05, 0) is 160 Å². The quantitative estimate of drug-likeness (QED) is 0.0385. The molecule has 0 spiro atoms. The lowest BCUT2D eigenvalue weighted by molar-refractivity contribution is -0.173. The number of ether oxygens (including phenoxy) is 8. The van der Waals surface area contributed by atoms with Gasteiger partial charge in [-0.2, -0.15) is 0 Å². The van der Waals surface area contributed by atoms with E-state index in [-0.39, 0.29) is 67.8 Å². The summed E-state index contributed by atoms with van der Waals surface area (Å²) in [5, 5.41) is 80.3.